The van der Waals surface area contributed by atoms with Crippen LogP contribution < -0.4 is 5.73 Å². The first kappa shape index (κ1) is 13.5. The molecule has 4 nitrogen and oxygen atoms in total. The minimum Gasteiger partial charge on any atom is -0.396 e. The summed E-state index contributed by atoms with van der Waals surface area (Å²) >= 11 is 0. The van der Waals surface area contributed by atoms with Crippen molar-refractivity contribution in [3.8, 4) is 0 Å². The fourth-order valence-electron chi connectivity index (χ4n) is 2.70. The van der Waals surface area contributed by atoms with Crippen LogP contribution in [0.4, 0.5) is 0 Å². The van der Waals surface area contributed by atoms with E-state index in [0.29, 0.717) is 11.4 Å². The smallest absolute Gasteiger partial charge is 0.175 e. The van der Waals surface area contributed by atoms with Gasteiger partial charge in [-0.25, -0.2) is 8.42 Å². The van der Waals surface area contributed by atoms with Gasteiger partial charge in [0, 0.05) is 23.6 Å². The molecule has 0 bridgehead atoms. The molecule has 100 valence electrons. The Morgan fingerprint density at radius 1 is 1.33 bits per heavy atom. The molecule has 0 saturated heterocycles. The molecule has 2 atom stereocenters. The molecule has 0 amide bonds. The number of aliphatic hydroxyl groups is 1. The van der Waals surface area contributed by atoms with E-state index in [1.54, 1.807) is 12.1 Å². The number of rotatable bonds is 4. The van der Waals surface area contributed by atoms with Gasteiger partial charge in [0.2, 0.25) is 0 Å². The van der Waals surface area contributed by atoms with Gasteiger partial charge in [0.1, 0.15) is 0 Å². The largest absolute Gasteiger partial charge is 0.396 e. The van der Waals surface area contributed by atoms with Gasteiger partial charge in [0.25, 0.3) is 0 Å². The van der Waals surface area contributed by atoms with Crippen LogP contribution in [0.15, 0.2) is 29.2 Å². The summed E-state index contributed by atoms with van der Waals surface area (Å²) < 4.78 is 22.8. The van der Waals surface area contributed by atoms with Gasteiger partial charge in [-0.3, -0.25) is 0 Å². The lowest BCUT2D eigenvalue weighted by Gasteiger charge is -2.19. The van der Waals surface area contributed by atoms with Crippen molar-refractivity contribution in [2.24, 2.45) is 11.1 Å². The molecule has 0 radical (unpaired) electrons. The number of aliphatic hydroxyl groups excluding tert-OH is 1. The zero-order chi connectivity index (χ0) is 13.6. The summed E-state index contributed by atoms with van der Waals surface area (Å²) in [7, 11) is -3.16. The summed E-state index contributed by atoms with van der Waals surface area (Å²) in [5.74, 6) is 0. The van der Waals surface area contributed by atoms with Crippen molar-refractivity contribution >= 4 is 9.84 Å². The SMILES string of the molecule is CC1(c2ccc(S(C)(=O)=O)cc2)CC1(CN)CO. The normalized spacial score (nSPS) is 31.3. The topological polar surface area (TPSA) is 80.4 Å². The lowest BCUT2D eigenvalue weighted by Crippen LogP contribution is -2.27. The van der Waals surface area contributed by atoms with Crippen LogP contribution in [0.25, 0.3) is 0 Å². The number of nitrogens with two attached hydrogens (primary N) is 1. The van der Waals surface area contributed by atoms with Gasteiger partial charge in [-0.15, -0.1) is 0 Å². The molecule has 1 fully saturated rings. The van der Waals surface area contributed by atoms with Crippen LogP contribution in [0.2, 0.25) is 0 Å². The quantitative estimate of drug-likeness (QED) is 0.842. The van der Waals surface area contributed by atoms with Crippen molar-refractivity contribution < 1.29 is 13.5 Å². The standard InChI is InChI=1S/C13H19NO3S/c1-12(7-13(12,8-14)9-15)10-3-5-11(6-4-10)18(2,16)17/h3-6,15H,7-9,14H2,1-2H3. The predicted octanol–water partition coefficient (Wildman–Crippen LogP) is 0.689. The summed E-state index contributed by atoms with van der Waals surface area (Å²) in [6, 6.07) is 6.88. The van der Waals surface area contributed by atoms with E-state index >= 15 is 0 Å². The van der Waals surface area contributed by atoms with Crippen LogP contribution >= 0.6 is 0 Å². The maximum absolute atomic E-state index is 11.4. The molecule has 1 saturated carbocycles. The van der Waals surface area contributed by atoms with Gasteiger partial charge in [-0.05, 0) is 24.1 Å². The molecule has 0 aromatic heterocycles. The van der Waals surface area contributed by atoms with Crippen LogP contribution in [0, 0.1) is 5.41 Å². The molecule has 0 spiro atoms. The minimum atomic E-state index is -3.16. The molecule has 1 aromatic rings. The van der Waals surface area contributed by atoms with Gasteiger partial charge in [-0.1, -0.05) is 19.1 Å². The number of benzene rings is 1. The summed E-state index contributed by atoms with van der Waals surface area (Å²) in [6.45, 7) is 2.56. The second-order valence-corrected chi connectivity index (χ2v) is 7.46. The van der Waals surface area contributed by atoms with E-state index in [4.69, 9.17) is 5.73 Å². The Balaban J connectivity index is 2.33. The predicted molar refractivity (Wildman–Crippen MR) is 70.1 cm³/mol. The third-order valence-electron chi connectivity index (χ3n) is 4.35. The minimum absolute atomic E-state index is 0.0633. The Bertz CT molecular complexity index is 546. The summed E-state index contributed by atoms with van der Waals surface area (Å²) in [5.41, 5.74) is 6.38. The van der Waals surface area contributed by atoms with Crippen LogP contribution in [-0.2, 0) is 15.3 Å². The van der Waals surface area contributed by atoms with Crippen LogP contribution in [-0.4, -0.2) is 32.9 Å². The first-order valence-corrected chi connectivity index (χ1v) is 7.80. The maximum Gasteiger partial charge on any atom is 0.175 e. The fourth-order valence-corrected chi connectivity index (χ4v) is 3.33. The number of hydrogen-bond donors (Lipinski definition) is 2. The highest BCUT2D eigenvalue weighted by Crippen LogP contribution is 2.63. The van der Waals surface area contributed by atoms with E-state index in [0.717, 1.165) is 12.0 Å². The monoisotopic (exact) mass is 269 g/mol. The van der Waals surface area contributed by atoms with Crippen molar-refractivity contribution in [2.75, 3.05) is 19.4 Å². The van der Waals surface area contributed by atoms with Crippen molar-refractivity contribution in [3.63, 3.8) is 0 Å². The Labute approximate surface area is 108 Å². The first-order chi connectivity index (χ1) is 8.29. The Kier molecular flexibility index (Phi) is 3.04. The van der Waals surface area contributed by atoms with Gasteiger partial charge in [0.15, 0.2) is 9.84 Å². The van der Waals surface area contributed by atoms with E-state index < -0.39 is 9.84 Å². The highest BCUT2D eigenvalue weighted by Gasteiger charge is 2.63. The molecule has 3 N–H and O–H groups in total. The van der Waals surface area contributed by atoms with Crippen molar-refractivity contribution in [1.82, 2.24) is 0 Å². The van der Waals surface area contributed by atoms with E-state index in [-0.39, 0.29) is 17.4 Å². The molecule has 1 aliphatic carbocycles. The summed E-state index contributed by atoms with van der Waals surface area (Å²) in [6.07, 6.45) is 2.03. The molecule has 1 aliphatic rings. The van der Waals surface area contributed by atoms with Gasteiger partial charge in [0.05, 0.1) is 11.5 Å². The molecular weight excluding hydrogens is 250 g/mol. The third-order valence-corrected chi connectivity index (χ3v) is 5.48. The van der Waals surface area contributed by atoms with Crippen molar-refractivity contribution in [2.45, 2.75) is 23.7 Å². The van der Waals surface area contributed by atoms with E-state index in [1.807, 2.05) is 12.1 Å². The molecular formula is C13H19NO3S. The summed E-state index contributed by atoms with van der Waals surface area (Å²) in [5, 5.41) is 9.46. The Morgan fingerprint density at radius 3 is 2.22 bits per heavy atom. The van der Waals surface area contributed by atoms with E-state index in [2.05, 4.69) is 6.92 Å². The number of sulfone groups is 1. The number of hydrogen-bond acceptors (Lipinski definition) is 4. The second-order valence-electron chi connectivity index (χ2n) is 5.45. The highest BCUT2D eigenvalue weighted by molar-refractivity contribution is 7.90. The van der Waals surface area contributed by atoms with Crippen LogP contribution in [0.5, 0.6) is 0 Å². The fraction of sp³-hybridized carbons (Fsp3) is 0.538. The Hall–Kier alpha value is -0.910. The first-order valence-electron chi connectivity index (χ1n) is 5.91. The average molecular weight is 269 g/mol. The highest BCUT2D eigenvalue weighted by atomic mass is 32.2. The molecule has 0 heterocycles. The molecule has 2 unspecified atom stereocenters. The summed E-state index contributed by atoms with van der Waals surface area (Å²) in [4.78, 5) is 0.317. The van der Waals surface area contributed by atoms with Gasteiger partial charge >= 0.3 is 0 Å². The van der Waals surface area contributed by atoms with Crippen LogP contribution in [0.3, 0.4) is 0 Å². The average Bonchev–Trinajstić information content (AvgIpc) is 2.96. The van der Waals surface area contributed by atoms with Crippen molar-refractivity contribution in [3.05, 3.63) is 29.8 Å². The Morgan fingerprint density at radius 2 is 1.89 bits per heavy atom. The zero-order valence-corrected chi connectivity index (χ0v) is 11.5. The maximum atomic E-state index is 11.4. The zero-order valence-electron chi connectivity index (χ0n) is 10.7. The molecule has 18 heavy (non-hydrogen) atoms. The molecule has 1 aromatic carbocycles. The van der Waals surface area contributed by atoms with Gasteiger partial charge < -0.3 is 10.8 Å². The molecule has 5 heteroatoms. The van der Waals surface area contributed by atoms with E-state index in [9.17, 15) is 13.5 Å². The van der Waals surface area contributed by atoms with Crippen molar-refractivity contribution in [1.29, 1.82) is 0 Å². The van der Waals surface area contributed by atoms with Gasteiger partial charge in [-0.2, -0.15) is 0 Å². The lowest BCUT2D eigenvalue weighted by molar-refractivity contribution is 0.198. The molecule has 2 rings (SSSR count). The molecule has 0 aliphatic heterocycles. The lowest BCUT2D eigenvalue weighted by atomic mass is 9.88. The third kappa shape index (κ3) is 1.86. The second kappa shape index (κ2) is 4.05. The van der Waals surface area contributed by atoms with E-state index in [1.165, 1.54) is 6.26 Å². The van der Waals surface area contributed by atoms with Crippen LogP contribution in [0.1, 0.15) is 18.9 Å².